The van der Waals surface area contributed by atoms with E-state index in [2.05, 4.69) is 4.99 Å². The third-order valence-electron chi connectivity index (χ3n) is 5.04. The van der Waals surface area contributed by atoms with Crippen molar-refractivity contribution in [2.75, 3.05) is 20.8 Å². The Morgan fingerprint density at radius 1 is 0.914 bits per heavy atom. The van der Waals surface area contributed by atoms with E-state index in [4.69, 9.17) is 18.9 Å². The number of carbonyl (C=O) groups excluding carboxylic acids is 2. The Labute approximate surface area is 206 Å². The highest BCUT2D eigenvalue weighted by Gasteiger charge is 2.16. The Kier molecular flexibility index (Phi) is 7.47. The highest BCUT2D eigenvalue weighted by Crippen LogP contribution is 2.33. The van der Waals surface area contributed by atoms with Crippen LogP contribution in [0.15, 0.2) is 71.7 Å². The number of hydrogen-bond acceptors (Lipinski definition) is 7. The van der Waals surface area contributed by atoms with Gasteiger partial charge in [-0.25, -0.2) is 0 Å². The molecule has 35 heavy (non-hydrogen) atoms. The van der Waals surface area contributed by atoms with E-state index in [0.29, 0.717) is 38.9 Å². The van der Waals surface area contributed by atoms with Gasteiger partial charge >= 0.3 is 5.97 Å². The number of fused-ring (bicyclic) bond motifs is 1. The van der Waals surface area contributed by atoms with Gasteiger partial charge in [0.05, 0.1) is 31.0 Å². The molecule has 4 aromatic rings. The Balaban J connectivity index is 1.75. The molecular formula is C26H24N2O6S. The molecule has 0 aliphatic rings. The van der Waals surface area contributed by atoms with Crippen LogP contribution in [0.1, 0.15) is 17.3 Å². The first-order valence-corrected chi connectivity index (χ1v) is 11.7. The number of thiazole rings is 1. The van der Waals surface area contributed by atoms with E-state index in [1.165, 1.54) is 18.4 Å². The van der Waals surface area contributed by atoms with Gasteiger partial charge in [-0.3, -0.25) is 9.59 Å². The van der Waals surface area contributed by atoms with Gasteiger partial charge in [-0.1, -0.05) is 35.6 Å². The summed E-state index contributed by atoms with van der Waals surface area (Å²) in [5.41, 5.74) is 1.03. The smallest absolute Gasteiger partial charge is 0.326 e. The van der Waals surface area contributed by atoms with Crippen molar-refractivity contribution in [1.29, 1.82) is 0 Å². The van der Waals surface area contributed by atoms with Crippen LogP contribution in [-0.4, -0.2) is 37.3 Å². The predicted octanol–water partition coefficient (Wildman–Crippen LogP) is 4.82. The number of rotatable bonds is 8. The van der Waals surface area contributed by atoms with Gasteiger partial charge in [-0.15, -0.1) is 0 Å². The summed E-state index contributed by atoms with van der Waals surface area (Å²) in [4.78, 5) is 30.1. The number of benzene rings is 3. The Morgan fingerprint density at radius 2 is 1.63 bits per heavy atom. The number of para-hydroxylation sites is 1. The van der Waals surface area contributed by atoms with E-state index in [1.807, 2.05) is 30.3 Å². The first-order chi connectivity index (χ1) is 17.0. The fourth-order valence-electron chi connectivity index (χ4n) is 3.44. The third-order valence-corrected chi connectivity index (χ3v) is 6.08. The van der Waals surface area contributed by atoms with Crippen molar-refractivity contribution < 1.29 is 28.5 Å². The van der Waals surface area contributed by atoms with Gasteiger partial charge in [-0.2, -0.15) is 4.99 Å². The van der Waals surface area contributed by atoms with Crippen LogP contribution in [0.4, 0.5) is 0 Å². The molecular weight excluding hydrogens is 468 g/mol. The number of nitrogens with zero attached hydrogens (tertiary/aromatic N) is 2. The zero-order valence-corrected chi connectivity index (χ0v) is 20.3. The van der Waals surface area contributed by atoms with Crippen LogP contribution in [-0.2, 0) is 16.1 Å². The fourth-order valence-corrected chi connectivity index (χ4v) is 4.48. The zero-order chi connectivity index (χ0) is 24.8. The van der Waals surface area contributed by atoms with Gasteiger partial charge in [0.1, 0.15) is 18.0 Å². The van der Waals surface area contributed by atoms with Crippen molar-refractivity contribution in [1.82, 2.24) is 4.57 Å². The number of esters is 1. The molecule has 0 fully saturated rings. The highest BCUT2D eigenvalue weighted by molar-refractivity contribution is 7.16. The second-order valence-electron chi connectivity index (χ2n) is 7.31. The van der Waals surface area contributed by atoms with E-state index in [9.17, 15) is 9.59 Å². The monoisotopic (exact) mass is 492 g/mol. The minimum Gasteiger partial charge on any atom is -0.493 e. The molecule has 3 aromatic carbocycles. The molecule has 0 unspecified atom stereocenters. The van der Waals surface area contributed by atoms with Gasteiger partial charge in [0.15, 0.2) is 16.3 Å². The molecule has 0 bridgehead atoms. The molecule has 0 atom stereocenters. The largest absolute Gasteiger partial charge is 0.493 e. The van der Waals surface area contributed by atoms with Crippen molar-refractivity contribution >= 4 is 33.4 Å². The molecule has 0 saturated heterocycles. The molecule has 1 aromatic heterocycles. The van der Waals surface area contributed by atoms with Gasteiger partial charge < -0.3 is 23.5 Å². The zero-order valence-electron chi connectivity index (χ0n) is 19.5. The van der Waals surface area contributed by atoms with Gasteiger partial charge in [0.2, 0.25) is 0 Å². The third kappa shape index (κ3) is 5.52. The number of carbonyl (C=O) groups is 2. The summed E-state index contributed by atoms with van der Waals surface area (Å²) < 4.78 is 24.2. The first kappa shape index (κ1) is 24.0. The van der Waals surface area contributed by atoms with E-state index in [0.717, 1.165) is 4.70 Å². The molecule has 4 rings (SSSR count). The maximum Gasteiger partial charge on any atom is 0.326 e. The highest BCUT2D eigenvalue weighted by atomic mass is 32.1. The fraction of sp³-hybridized carbons (Fsp3) is 0.192. The summed E-state index contributed by atoms with van der Waals surface area (Å²) in [5.74, 6) is 1.31. The molecule has 9 heteroatoms. The van der Waals surface area contributed by atoms with Crippen molar-refractivity contribution in [3.05, 3.63) is 77.1 Å². The standard InChI is InChI=1S/C26H24N2O6S/c1-4-33-24(29)16-28-20-14-21(31-2)22(32-3)15-23(20)35-26(28)27-25(30)17-9-8-12-19(13-17)34-18-10-6-5-7-11-18/h5-15H,4,16H2,1-3H3. The lowest BCUT2D eigenvalue weighted by molar-refractivity contribution is -0.143. The van der Waals surface area contributed by atoms with Crippen LogP contribution in [0.3, 0.4) is 0 Å². The van der Waals surface area contributed by atoms with Crippen LogP contribution >= 0.6 is 11.3 Å². The predicted molar refractivity (Wildman–Crippen MR) is 132 cm³/mol. The number of ether oxygens (including phenoxy) is 4. The summed E-state index contributed by atoms with van der Waals surface area (Å²) >= 11 is 1.26. The van der Waals surface area contributed by atoms with Crippen LogP contribution < -0.4 is 19.0 Å². The molecule has 0 N–H and O–H groups in total. The number of hydrogen-bond donors (Lipinski definition) is 0. The topological polar surface area (TPSA) is 88.4 Å². The van der Waals surface area contributed by atoms with Crippen LogP contribution in [0, 0.1) is 0 Å². The SMILES string of the molecule is CCOC(=O)Cn1c(=NC(=O)c2cccc(Oc3ccccc3)c2)sc2cc(OC)c(OC)cc21. The van der Waals surface area contributed by atoms with E-state index in [1.54, 1.807) is 55.0 Å². The Morgan fingerprint density at radius 3 is 2.34 bits per heavy atom. The quantitative estimate of drug-likeness (QED) is 0.328. The van der Waals surface area contributed by atoms with Gasteiger partial charge in [-0.05, 0) is 37.3 Å². The first-order valence-electron chi connectivity index (χ1n) is 10.9. The normalized spacial score (nSPS) is 11.3. The van der Waals surface area contributed by atoms with Crippen molar-refractivity contribution in [3.8, 4) is 23.0 Å². The second kappa shape index (κ2) is 10.9. The lowest BCUT2D eigenvalue weighted by atomic mass is 10.2. The van der Waals surface area contributed by atoms with Crippen LogP contribution in [0.25, 0.3) is 10.2 Å². The number of amides is 1. The Hall–Kier alpha value is -4.11. The molecule has 0 spiro atoms. The molecule has 0 aliphatic carbocycles. The van der Waals surface area contributed by atoms with E-state index < -0.39 is 11.9 Å². The van der Waals surface area contributed by atoms with Crippen molar-refractivity contribution in [2.24, 2.45) is 4.99 Å². The molecule has 0 saturated carbocycles. The molecule has 0 aliphatic heterocycles. The lowest BCUT2D eigenvalue weighted by Gasteiger charge is -2.09. The van der Waals surface area contributed by atoms with E-state index in [-0.39, 0.29) is 13.2 Å². The summed E-state index contributed by atoms with van der Waals surface area (Å²) in [5, 5.41) is 0. The minimum atomic E-state index is -0.466. The van der Waals surface area contributed by atoms with Crippen LogP contribution in [0.5, 0.6) is 23.0 Å². The molecule has 0 radical (unpaired) electrons. The molecule has 1 heterocycles. The van der Waals surface area contributed by atoms with E-state index >= 15 is 0 Å². The average molecular weight is 493 g/mol. The summed E-state index contributed by atoms with van der Waals surface area (Å²) in [6.07, 6.45) is 0. The second-order valence-corrected chi connectivity index (χ2v) is 8.32. The number of methoxy groups -OCH3 is 2. The van der Waals surface area contributed by atoms with Gasteiger partial charge in [0, 0.05) is 17.7 Å². The van der Waals surface area contributed by atoms with Gasteiger partial charge in [0.25, 0.3) is 5.91 Å². The summed E-state index contributed by atoms with van der Waals surface area (Å²) in [7, 11) is 3.08. The molecule has 1 amide bonds. The average Bonchev–Trinajstić information content (AvgIpc) is 3.19. The maximum absolute atomic E-state index is 13.1. The minimum absolute atomic E-state index is 0.105. The molecule has 180 valence electrons. The number of aromatic nitrogens is 1. The Bertz CT molecular complexity index is 1430. The van der Waals surface area contributed by atoms with Crippen molar-refractivity contribution in [2.45, 2.75) is 13.5 Å². The summed E-state index contributed by atoms with van der Waals surface area (Å²) in [6.45, 7) is 1.88. The lowest BCUT2D eigenvalue weighted by Crippen LogP contribution is -2.23. The van der Waals surface area contributed by atoms with Crippen molar-refractivity contribution in [3.63, 3.8) is 0 Å². The summed E-state index contributed by atoms with van der Waals surface area (Å²) in [6, 6.07) is 19.6. The maximum atomic E-state index is 13.1. The van der Waals surface area contributed by atoms with Crippen LogP contribution in [0.2, 0.25) is 0 Å². The molecule has 8 nitrogen and oxygen atoms in total.